The molecule has 2 aliphatic rings. The van der Waals surface area contributed by atoms with Crippen molar-refractivity contribution in [1.29, 1.82) is 5.26 Å². The molecule has 1 saturated carbocycles. The maximum absolute atomic E-state index is 12.4. The predicted molar refractivity (Wildman–Crippen MR) is 102 cm³/mol. The number of carbonyl (C=O) groups is 1. The first-order valence-electron chi connectivity index (χ1n) is 9.19. The molecule has 2 aromatic heterocycles. The van der Waals surface area contributed by atoms with Crippen molar-refractivity contribution < 1.29 is 4.79 Å². The second kappa shape index (κ2) is 7.19. The van der Waals surface area contributed by atoms with Gasteiger partial charge in [-0.1, -0.05) is 12.8 Å². The lowest BCUT2D eigenvalue weighted by Crippen LogP contribution is -2.34. The van der Waals surface area contributed by atoms with Gasteiger partial charge in [0.25, 0.3) is 0 Å². The van der Waals surface area contributed by atoms with E-state index in [1.165, 1.54) is 19.0 Å². The molecule has 0 spiro atoms. The fourth-order valence-electron chi connectivity index (χ4n) is 3.72. The minimum Gasteiger partial charge on any atom is -0.351 e. The number of nitrogens with one attached hydrogen (secondary N) is 1. The summed E-state index contributed by atoms with van der Waals surface area (Å²) in [7, 11) is 1.78. The molecule has 0 saturated heterocycles. The molecular weight excluding hydrogens is 342 g/mol. The van der Waals surface area contributed by atoms with Crippen LogP contribution >= 0.6 is 0 Å². The number of amides is 1. The van der Waals surface area contributed by atoms with Crippen LogP contribution in [0.3, 0.4) is 0 Å². The smallest absolute Gasteiger partial charge is 0.230 e. The largest absolute Gasteiger partial charge is 0.351 e. The number of hydrogen-bond donors (Lipinski definition) is 1. The summed E-state index contributed by atoms with van der Waals surface area (Å²) in [6.07, 6.45) is 8.35. The Labute approximate surface area is 157 Å². The Morgan fingerprint density at radius 2 is 2.04 bits per heavy atom. The number of aromatic nitrogens is 3. The Hall–Kier alpha value is -3.21. The van der Waals surface area contributed by atoms with E-state index in [9.17, 15) is 4.79 Å². The Morgan fingerprint density at radius 1 is 1.22 bits per heavy atom. The molecule has 27 heavy (non-hydrogen) atoms. The van der Waals surface area contributed by atoms with Crippen molar-refractivity contribution in [1.82, 2.24) is 15.0 Å². The van der Waals surface area contributed by atoms with Crippen LogP contribution in [-0.4, -0.2) is 40.5 Å². The first-order valence-corrected chi connectivity index (χ1v) is 9.19. The zero-order valence-electron chi connectivity index (χ0n) is 15.2. The Bertz CT molecular complexity index is 884. The summed E-state index contributed by atoms with van der Waals surface area (Å²) in [5, 5.41) is 12.0. The monoisotopic (exact) mass is 363 g/mol. The number of rotatable bonds is 3. The van der Waals surface area contributed by atoms with Gasteiger partial charge in [0.2, 0.25) is 11.9 Å². The van der Waals surface area contributed by atoms with Crippen molar-refractivity contribution in [2.45, 2.75) is 38.1 Å². The molecule has 8 heteroatoms. The zero-order chi connectivity index (χ0) is 18.8. The molecule has 0 unspecified atom stereocenters. The van der Waals surface area contributed by atoms with Crippen molar-refractivity contribution in [3.8, 4) is 6.07 Å². The molecule has 4 rings (SSSR count). The number of fused-ring (bicyclic) bond motifs is 1. The molecule has 1 amide bonds. The molecule has 138 valence electrons. The molecular formula is C19H21N7O. The molecule has 0 aromatic carbocycles. The summed E-state index contributed by atoms with van der Waals surface area (Å²) >= 11 is 0. The van der Waals surface area contributed by atoms with Crippen LogP contribution in [-0.2, 0) is 4.79 Å². The van der Waals surface area contributed by atoms with Crippen molar-refractivity contribution in [3.05, 3.63) is 30.1 Å². The summed E-state index contributed by atoms with van der Waals surface area (Å²) in [5.74, 6) is 1.87. The number of carbonyl (C=O) groups excluding carboxylic acids is 1. The number of hydrogen-bond acceptors (Lipinski definition) is 7. The number of anilines is 4. The average Bonchev–Trinajstić information content (AvgIpc) is 3.19. The van der Waals surface area contributed by atoms with E-state index in [0.29, 0.717) is 36.3 Å². The van der Waals surface area contributed by atoms with Crippen LogP contribution in [0.2, 0.25) is 0 Å². The van der Waals surface area contributed by atoms with Gasteiger partial charge in [-0.05, 0) is 25.0 Å². The summed E-state index contributed by atoms with van der Waals surface area (Å²) in [6, 6.07) is 5.87. The quantitative estimate of drug-likeness (QED) is 0.895. The van der Waals surface area contributed by atoms with Crippen LogP contribution in [0.25, 0.3) is 0 Å². The van der Waals surface area contributed by atoms with Crippen LogP contribution in [0, 0.1) is 11.3 Å². The number of nitrogens with zero attached hydrogens (tertiary/aromatic N) is 6. The van der Waals surface area contributed by atoms with E-state index in [1.54, 1.807) is 30.3 Å². The average molecular weight is 363 g/mol. The predicted octanol–water partition coefficient (Wildman–Crippen LogP) is 2.60. The lowest BCUT2D eigenvalue weighted by molar-refractivity contribution is -0.118. The molecule has 2 aromatic rings. The van der Waals surface area contributed by atoms with Crippen LogP contribution in [0.5, 0.6) is 0 Å². The van der Waals surface area contributed by atoms with E-state index in [-0.39, 0.29) is 5.91 Å². The molecule has 0 radical (unpaired) electrons. The Morgan fingerprint density at radius 3 is 2.74 bits per heavy atom. The van der Waals surface area contributed by atoms with Crippen molar-refractivity contribution in [3.63, 3.8) is 0 Å². The Balaban J connectivity index is 1.67. The van der Waals surface area contributed by atoms with Crippen LogP contribution < -0.4 is 15.1 Å². The molecule has 0 bridgehead atoms. The molecule has 1 N–H and O–H groups in total. The molecule has 0 atom stereocenters. The highest BCUT2D eigenvalue weighted by Gasteiger charge is 2.31. The SMILES string of the molecule is CN1C(=O)CCN(C2CCCC2)c2nc(Nc3ccc(C#N)cn3)ncc21. The highest BCUT2D eigenvalue weighted by atomic mass is 16.2. The summed E-state index contributed by atoms with van der Waals surface area (Å²) in [4.78, 5) is 29.6. The number of nitriles is 1. The molecule has 1 fully saturated rings. The summed E-state index contributed by atoms with van der Waals surface area (Å²) in [5.41, 5.74) is 1.23. The van der Waals surface area contributed by atoms with Gasteiger partial charge in [0.15, 0.2) is 5.82 Å². The van der Waals surface area contributed by atoms with Gasteiger partial charge in [0.1, 0.15) is 17.6 Å². The van der Waals surface area contributed by atoms with Gasteiger partial charge in [0.05, 0.1) is 11.8 Å². The van der Waals surface area contributed by atoms with Gasteiger partial charge < -0.3 is 15.1 Å². The van der Waals surface area contributed by atoms with Crippen molar-refractivity contribution in [2.24, 2.45) is 0 Å². The highest BCUT2D eigenvalue weighted by Crippen LogP contribution is 2.36. The Kier molecular flexibility index (Phi) is 4.59. The van der Waals surface area contributed by atoms with E-state index in [1.807, 2.05) is 6.07 Å². The fraction of sp³-hybridized carbons (Fsp3) is 0.421. The van der Waals surface area contributed by atoms with Crippen molar-refractivity contribution in [2.75, 3.05) is 28.7 Å². The van der Waals surface area contributed by atoms with Gasteiger partial charge >= 0.3 is 0 Å². The van der Waals surface area contributed by atoms with E-state index in [2.05, 4.69) is 20.2 Å². The standard InChI is InChI=1S/C19H21N7O/c1-25-15-12-22-19(23-16-7-6-13(10-20)11-21-16)24-18(15)26(9-8-17(25)27)14-4-2-3-5-14/h6-7,11-12,14H,2-5,8-9H2,1H3,(H,21,22,23,24). The van der Waals surface area contributed by atoms with E-state index < -0.39 is 0 Å². The lowest BCUT2D eigenvalue weighted by atomic mass is 10.2. The van der Waals surface area contributed by atoms with Gasteiger partial charge in [-0.3, -0.25) is 4.79 Å². The van der Waals surface area contributed by atoms with Gasteiger partial charge in [-0.25, -0.2) is 9.97 Å². The zero-order valence-corrected chi connectivity index (χ0v) is 15.2. The lowest BCUT2D eigenvalue weighted by Gasteiger charge is -2.30. The normalized spacial score (nSPS) is 17.4. The minimum absolute atomic E-state index is 0.0785. The van der Waals surface area contributed by atoms with Crippen LogP contribution in [0.1, 0.15) is 37.7 Å². The first kappa shape index (κ1) is 17.2. The van der Waals surface area contributed by atoms with Crippen LogP contribution in [0.15, 0.2) is 24.5 Å². The van der Waals surface area contributed by atoms with E-state index in [4.69, 9.17) is 10.2 Å². The highest BCUT2D eigenvalue weighted by molar-refractivity contribution is 5.97. The minimum atomic E-state index is 0.0785. The second-order valence-electron chi connectivity index (χ2n) is 6.91. The van der Waals surface area contributed by atoms with Crippen molar-refractivity contribution >= 4 is 29.2 Å². The van der Waals surface area contributed by atoms with Gasteiger partial charge in [0, 0.05) is 32.3 Å². The van der Waals surface area contributed by atoms with Gasteiger partial charge in [-0.2, -0.15) is 10.2 Å². The maximum atomic E-state index is 12.4. The molecule has 3 heterocycles. The number of pyridine rings is 1. The molecule has 1 aliphatic carbocycles. The fourth-order valence-corrected chi connectivity index (χ4v) is 3.72. The topological polar surface area (TPSA) is 98.0 Å². The van der Waals surface area contributed by atoms with E-state index in [0.717, 1.165) is 24.3 Å². The van der Waals surface area contributed by atoms with Crippen LogP contribution in [0.4, 0.5) is 23.3 Å². The molecule has 1 aliphatic heterocycles. The third kappa shape index (κ3) is 3.40. The first-order chi connectivity index (χ1) is 13.2. The molecule has 8 nitrogen and oxygen atoms in total. The maximum Gasteiger partial charge on any atom is 0.230 e. The third-order valence-corrected chi connectivity index (χ3v) is 5.22. The van der Waals surface area contributed by atoms with E-state index >= 15 is 0 Å². The summed E-state index contributed by atoms with van der Waals surface area (Å²) in [6.45, 7) is 0.673. The third-order valence-electron chi connectivity index (χ3n) is 5.22. The second-order valence-corrected chi connectivity index (χ2v) is 6.91. The van der Waals surface area contributed by atoms with Gasteiger partial charge in [-0.15, -0.1) is 0 Å². The summed E-state index contributed by atoms with van der Waals surface area (Å²) < 4.78 is 0.